The molecule has 20 heavy (non-hydrogen) atoms. The third kappa shape index (κ3) is 4.14. The van der Waals surface area contributed by atoms with Crippen LogP contribution in [-0.4, -0.2) is 36.3 Å². The van der Waals surface area contributed by atoms with Crippen molar-refractivity contribution < 1.29 is 23.4 Å². The minimum atomic E-state index is -2.85. The van der Waals surface area contributed by atoms with Crippen LogP contribution in [0, 0.1) is 0 Å². The lowest BCUT2D eigenvalue weighted by molar-refractivity contribution is -0.123. The van der Waals surface area contributed by atoms with E-state index in [1.807, 2.05) is 0 Å². The Hall–Kier alpha value is -1.73. The zero-order valence-corrected chi connectivity index (χ0v) is 10.7. The minimum absolute atomic E-state index is 0.0793. The molecule has 110 valence electrons. The molecule has 2 atom stereocenters. The fraction of sp³-hybridized carbons (Fsp3) is 0.462. The number of alkyl halides is 2. The first-order valence-electron chi connectivity index (χ1n) is 6.27. The van der Waals surface area contributed by atoms with Crippen molar-refractivity contribution in [1.29, 1.82) is 0 Å². The SMILES string of the molecule is O=C(NCc1ccc(OC(F)F)cc1)C1CC(O)CN1. The second-order valence-corrected chi connectivity index (χ2v) is 4.59. The van der Waals surface area contributed by atoms with Crippen molar-refractivity contribution in [3.63, 3.8) is 0 Å². The number of β-amino-alcohol motifs (C(OH)–C–C–N with tert-alkyl or cyclic N) is 1. The maximum Gasteiger partial charge on any atom is 0.387 e. The van der Waals surface area contributed by atoms with E-state index in [0.29, 0.717) is 19.5 Å². The van der Waals surface area contributed by atoms with E-state index in [9.17, 15) is 18.7 Å². The predicted octanol–water partition coefficient (Wildman–Crippen LogP) is 0.627. The molecule has 0 spiro atoms. The topological polar surface area (TPSA) is 70.6 Å². The van der Waals surface area contributed by atoms with Gasteiger partial charge in [0.25, 0.3) is 0 Å². The molecule has 2 unspecified atom stereocenters. The Labute approximate surface area is 114 Å². The summed E-state index contributed by atoms with van der Waals surface area (Å²) >= 11 is 0. The number of amides is 1. The number of carbonyl (C=O) groups is 1. The highest BCUT2D eigenvalue weighted by molar-refractivity contribution is 5.82. The first-order chi connectivity index (χ1) is 9.54. The highest BCUT2D eigenvalue weighted by Crippen LogP contribution is 2.15. The molecule has 0 aliphatic carbocycles. The molecular formula is C13H16F2N2O3. The van der Waals surface area contributed by atoms with Crippen LogP contribution in [0.1, 0.15) is 12.0 Å². The van der Waals surface area contributed by atoms with Gasteiger partial charge in [0.05, 0.1) is 12.1 Å². The van der Waals surface area contributed by atoms with Gasteiger partial charge >= 0.3 is 6.61 Å². The van der Waals surface area contributed by atoms with Crippen molar-refractivity contribution in [2.45, 2.75) is 31.7 Å². The second kappa shape index (κ2) is 6.62. The van der Waals surface area contributed by atoms with E-state index in [4.69, 9.17) is 0 Å². The molecule has 2 rings (SSSR count). The van der Waals surface area contributed by atoms with Crippen LogP contribution in [0.5, 0.6) is 5.75 Å². The lowest BCUT2D eigenvalue weighted by Gasteiger charge is -2.11. The van der Waals surface area contributed by atoms with Crippen LogP contribution in [-0.2, 0) is 11.3 Å². The summed E-state index contributed by atoms with van der Waals surface area (Å²) in [5.41, 5.74) is 0.776. The Morgan fingerprint density at radius 3 is 2.70 bits per heavy atom. The van der Waals surface area contributed by atoms with Gasteiger partial charge < -0.3 is 20.5 Å². The normalized spacial score (nSPS) is 22.0. The monoisotopic (exact) mass is 286 g/mol. The van der Waals surface area contributed by atoms with Crippen molar-refractivity contribution >= 4 is 5.91 Å². The van der Waals surface area contributed by atoms with Gasteiger partial charge in [0.1, 0.15) is 5.75 Å². The molecule has 1 amide bonds. The summed E-state index contributed by atoms with van der Waals surface area (Å²) in [5, 5.41) is 14.9. The first kappa shape index (κ1) is 14.7. The quantitative estimate of drug-likeness (QED) is 0.742. The van der Waals surface area contributed by atoms with Gasteiger partial charge in [-0.25, -0.2) is 0 Å². The summed E-state index contributed by atoms with van der Waals surface area (Å²) in [7, 11) is 0. The van der Waals surface area contributed by atoms with Gasteiger partial charge in [0, 0.05) is 13.1 Å². The molecular weight excluding hydrogens is 270 g/mol. The number of hydrogen-bond acceptors (Lipinski definition) is 4. The molecule has 0 radical (unpaired) electrons. The third-order valence-corrected chi connectivity index (χ3v) is 3.04. The first-order valence-corrected chi connectivity index (χ1v) is 6.27. The molecule has 7 heteroatoms. The molecule has 1 heterocycles. The fourth-order valence-electron chi connectivity index (χ4n) is 2.02. The standard InChI is InChI=1S/C13H16F2N2O3/c14-13(15)20-10-3-1-8(2-4-10)6-17-12(19)11-5-9(18)7-16-11/h1-4,9,11,13,16,18H,5-7H2,(H,17,19). The second-order valence-electron chi connectivity index (χ2n) is 4.59. The molecule has 1 aliphatic heterocycles. The fourth-order valence-corrected chi connectivity index (χ4v) is 2.02. The number of rotatable bonds is 5. The van der Waals surface area contributed by atoms with Crippen molar-refractivity contribution in [2.75, 3.05) is 6.54 Å². The number of halogens is 2. The Morgan fingerprint density at radius 1 is 1.45 bits per heavy atom. The molecule has 1 aromatic carbocycles. The van der Waals surface area contributed by atoms with Crippen LogP contribution in [0.15, 0.2) is 24.3 Å². The Kier molecular flexibility index (Phi) is 4.86. The third-order valence-electron chi connectivity index (χ3n) is 3.04. The number of carbonyl (C=O) groups excluding carboxylic acids is 1. The van der Waals surface area contributed by atoms with Gasteiger partial charge in [0.2, 0.25) is 5.91 Å². The smallest absolute Gasteiger partial charge is 0.387 e. The van der Waals surface area contributed by atoms with Crippen molar-refractivity contribution in [2.24, 2.45) is 0 Å². The highest BCUT2D eigenvalue weighted by Gasteiger charge is 2.27. The van der Waals surface area contributed by atoms with E-state index >= 15 is 0 Å². The van der Waals surface area contributed by atoms with E-state index < -0.39 is 12.7 Å². The van der Waals surface area contributed by atoms with E-state index in [-0.39, 0.29) is 17.7 Å². The van der Waals surface area contributed by atoms with Crippen molar-refractivity contribution in [3.05, 3.63) is 29.8 Å². The maximum absolute atomic E-state index is 12.0. The molecule has 1 fully saturated rings. The van der Waals surface area contributed by atoms with Crippen LogP contribution in [0.3, 0.4) is 0 Å². The summed E-state index contributed by atoms with van der Waals surface area (Å²) in [6.07, 6.45) is -0.0935. The largest absolute Gasteiger partial charge is 0.435 e. The van der Waals surface area contributed by atoms with Gasteiger partial charge in [-0.15, -0.1) is 0 Å². The molecule has 0 bridgehead atoms. The summed E-state index contributed by atoms with van der Waals surface area (Å²) in [6.45, 7) is -2.14. The van der Waals surface area contributed by atoms with Crippen molar-refractivity contribution in [1.82, 2.24) is 10.6 Å². The summed E-state index contributed by atoms with van der Waals surface area (Å²) in [6, 6.07) is 5.67. The lowest BCUT2D eigenvalue weighted by atomic mass is 10.1. The minimum Gasteiger partial charge on any atom is -0.435 e. The molecule has 5 nitrogen and oxygen atoms in total. The van der Waals surface area contributed by atoms with Gasteiger partial charge in [-0.05, 0) is 24.1 Å². The van der Waals surface area contributed by atoms with E-state index in [1.165, 1.54) is 12.1 Å². The van der Waals surface area contributed by atoms with E-state index in [2.05, 4.69) is 15.4 Å². The number of ether oxygens (including phenoxy) is 1. The zero-order valence-electron chi connectivity index (χ0n) is 10.7. The van der Waals surface area contributed by atoms with Crippen LogP contribution < -0.4 is 15.4 Å². The average Bonchev–Trinajstić information content (AvgIpc) is 2.84. The van der Waals surface area contributed by atoms with Gasteiger partial charge in [-0.1, -0.05) is 12.1 Å². The van der Waals surface area contributed by atoms with Crippen molar-refractivity contribution in [3.8, 4) is 5.75 Å². The average molecular weight is 286 g/mol. The van der Waals surface area contributed by atoms with Crippen LogP contribution in [0.2, 0.25) is 0 Å². The number of hydrogen-bond donors (Lipinski definition) is 3. The maximum atomic E-state index is 12.0. The van der Waals surface area contributed by atoms with E-state index in [1.54, 1.807) is 12.1 Å². The number of aliphatic hydroxyl groups is 1. The van der Waals surface area contributed by atoms with Crippen LogP contribution >= 0.6 is 0 Å². The molecule has 0 aromatic heterocycles. The number of benzene rings is 1. The predicted molar refractivity (Wildman–Crippen MR) is 67.3 cm³/mol. The molecule has 1 saturated heterocycles. The lowest BCUT2D eigenvalue weighted by Crippen LogP contribution is -2.39. The molecule has 3 N–H and O–H groups in total. The van der Waals surface area contributed by atoms with Gasteiger partial charge in [0.15, 0.2) is 0 Å². The zero-order chi connectivity index (χ0) is 14.5. The Bertz CT molecular complexity index is 453. The summed E-state index contributed by atoms with van der Waals surface area (Å²) < 4.78 is 28.2. The Morgan fingerprint density at radius 2 is 2.15 bits per heavy atom. The highest BCUT2D eigenvalue weighted by atomic mass is 19.3. The van der Waals surface area contributed by atoms with Crippen LogP contribution in [0.25, 0.3) is 0 Å². The van der Waals surface area contributed by atoms with Gasteiger partial charge in [-0.2, -0.15) is 8.78 Å². The van der Waals surface area contributed by atoms with Gasteiger partial charge in [-0.3, -0.25) is 4.79 Å². The molecule has 0 saturated carbocycles. The van der Waals surface area contributed by atoms with Crippen LogP contribution in [0.4, 0.5) is 8.78 Å². The number of nitrogens with one attached hydrogen (secondary N) is 2. The number of aliphatic hydroxyl groups excluding tert-OH is 1. The summed E-state index contributed by atoms with van der Waals surface area (Å²) in [4.78, 5) is 11.8. The van der Waals surface area contributed by atoms with E-state index in [0.717, 1.165) is 5.56 Å². The summed E-state index contributed by atoms with van der Waals surface area (Å²) in [5.74, 6) is -0.106. The Balaban J connectivity index is 1.80. The molecule has 1 aromatic rings. The molecule has 1 aliphatic rings.